The summed E-state index contributed by atoms with van der Waals surface area (Å²) in [6.07, 6.45) is 18.7. The number of ether oxygens (including phenoxy) is 2. The number of carbonyl (C=O) groups excluding carboxylic acids is 2. The van der Waals surface area contributed by atoms with Crippen LogP contribution in [0.3, 0.4) is 0 Å². The molecule has 2 aromatic rings. The van der Waals surface area contributed by atoms with Gasteiger partial charge in [0.1, 0.15) is 0 Å². The minimum atomic E-state index is -0.593. The van der Waals surface area contributed by atoms with Gasteiger partial charge in [-0.1, -0.05) is 101 Å². The number of hydrogen-bond donors (Lipinski definition) is 1. The highest BCUT2D eigenvalue weighted by molar-refractivity contribution is 5.88. The summed E-state index contributed by atoms with van der Waals surface area (Å²) in [5.74, 6) is 1.51. The first-order valence-corrected chi connectivity index (χ1v) is 18.1. The zero-order valence-electron chi connectivity index (χ0n) is 28.6. The molecule has 0 saturated heterocycles. The number of esters is 2. The Morgan fingerprint density at radius 1 is 0.804 bits per heavy atom. The lowest BCUT2D eigenvalue weighted by Crippen LogP contribution is -2.31. The molecule has 252 valence electrons. The van der Waals surface area contributed by atoms with E-state index in [1.807, 2.05) is 0 Å². The third-order valence-electron chi connectivity index (χ3n) is 10.8. The summed E-state index contributed by atoms with van der Waals surface area (Å²) < 4.78 is 10.9. The molecule has 0 heterocycles. The predicted molar refractivity (Wildman–Crippen MR) is 188 cm³/mol. The molecule has 0 aliphatic heterocycles. The third kappa shape index (κ3) is 10.8. The van der Waals surface area contributed by atoms with Crippen molar-refractivity contribution in [2.75, 3.05) is 19.8 Å². The van der Waals surface area contributed by atoms with E-state index >= 15 is 0 Å². The molecule has 0 aromatic heterocycles. The van der Waals surface area contributed by atoms with Crippen LogP contribution < -0.4 is 0 Å². The maximum atomic E-state index is 12.1. The van der Waals surface area contributed by atoms with E-state index in [4.69, 9.17) is 9.47 Å². The summed E-state index contributed by atoms with van der Waals surface area (Å²) in [5, 5.41) is 12.0. The second-order valence-corrected chi connectivity index (χ2v) is 14.3. The SMILES string of the molecule is C=C(C)C(=O)OCC(COC(=O)C(=C)CO)C1CCC(CCC2CCC(c3ccc4cc(CCCCCC)ccc4c3)CC2)CC1. The van der Waals surface area contributed by atoms with E-state index in [-0.39, 0.29) is 24.7 Å². The Labute approximate surface area is 277 Å². The molecule has 1 N–H and O–H groups in total. The van der Waals surface area contributed by atoms with Gasteiger partial charge in [-0.15, -0.1) is 0 Å². The Morgan fingerprint density at radius 2 is 1.41 bits per heavy atom. The van der Waals surface area contributed by atoms with Gasteiger partial charge in [0, 0.05) is 11.5 Å². The molecular weight excluding hydrogens is 572 g/mol. The Balaban J connectivity index is 1.19. The Bertz CT molecular complexity index is 1300. The Morgan fingerprint density at radius 3 is 2.04 bits per heavy atom. The fourth-order valence-corrected chi connectivity index (χ4v) is 7.66. The number of carbonyl (C=O) groups is 2. The zero-order valence-corrected chi connectivity index (χ0v) is 28.6. The van der Waals surface area contributed by atoms with E-state index in [0.29, 0.717) is 17.4 Å². The van der Waals surface area contributed by atoms with E-state index in [0.717, 1.165) is 24.7 Å². The highest BCUT2D eigenvalue weighted by Gasteiger charge is 2.31. The summed E-state index contributed by atoms with van der Waals surface area (Å²) in [4.78, 5) is 24.1. The van der Waals surface area contributed by atoms with E-state index in [2.05, 4.69) is 56.5 Å². The summed E-state index contributed by atoms with van der Waals surface area (Å²) >= 11 is 0. The first-order chi connectivity index (χ1) is 22.3. The summed E-state index contributed by atoms with van der Waals surface area (Å²) in [6.45, 7) is 11.1. The van der Waals surface area contributed by atoms with Crippen molar-refractivity contribution in [3.05, 3.63) is 71.8 Å². The van der Waals surface area contributed by atoms with Crippen LogP contribution in [0.5, 0.6) is 0 Å². The van der Waals surface area contributed by atoms with Gasteiger partial charge in [-0.3, -0.25) is 0 Å². The van der Waals surface area contributed by atoms with Gasteiger partial charge in [0.25, 0.3) is 0 Å². The van der Waals surface area contributed by atoms with Crippen molar-refractivity contribution in [3.8, 4) is 0 Å². The molecule has 46 heavy (non-hydrogen) atoms. The van der Waals surface area contributed by atoms with Crippen molar-refractivity contribution in [1.29, 1.82) is 0 Å². The predicted octanol–water partition coefficient (Wildman–Crippen LogP) is 9.65. The second-order valence-electron chi connectivity index (χ2n) is 14.3. The van der Waals surface area contributed by atoms with E-state index in [1.54, 1.807) is 6.92 Å². The summed E-state index contributed by atoms with van der Waals surface area (Å²) in [5.41, 5.74) is 3.39. The molecule has 0 amide bonds. The minimum absolute atomic E-state index is 0.0367. The van der Waals surface area contributed by atoms with Crippen molar-refractivity contribution < 1.29 is 24.2 Å². The number of rotatable bonds is 17. The zero-order chi connectivity index (χ0) is 32.9. The maximum absolute atomic E-state index is 12.1. The highest BCUT2D eigenvalue weighted by Crippen LogP contribution is 2.41. The number of unbranched alkanes of at least 4 members (excludes halogenated alkanes) is 3. The van der Waals surface area contributed by atoms with Gasteiger partial charge in [0.2, 0.25) is 0 Å². The Kier molecular flexibility index (Phi) is 14.4. The van der Waals surface area contributed by atoms with Crippen LogP contribution in [0.1, 0.15) is 121 Å². The van der Waals surface area contributed by atoms with Gasteiger partial charge < -0.3 is 14.6 Å². The standard InChI is InChI=1S/C41H58O5/c1-5-6-7-8-9-33-16-21-38-25-37(23-22-36(38)24-33)34-17-12-31(13-18-34)10-11-32-14-19-35(20-15-32)39(27-45-40(43)29(2)3)28-46-41(44)30(4)26-42/h16,21-25,31-32,34-35,39,42H,2,4-15,17-20,26-28H2,1,3H3. The van der Waals surface area contributed by atoms with E-state index in [9.17, 15) is 14.7 Å². The summed E-state index contributed by atoms with van der Waals surface area (Å²) in [6, 6.07) is 14.3. The molecule has 4 rings (SSSR count). The molecule has 2 aliphatic rings. The number of fused-ring (bicyclic) bond motifs is 1. The maximum Gasteiger partial charge on any atom is 0.335 e. The van der Waals surface area contributed by atoms with Crippen molar-refractivity contribution in [2.45, 2.75) is 116 Å². The number of aryl methyl sites for hydroxylation is 1. The quantitative estimate of drug-likeness (QED) is 0.107. The van der Waals surface area contributed by atoms with Gasteiger partial charge in [0.05, 0.1) is 25.4 Å². The fraction of sp³-hybridized carbons (Fsp3) is 0.610. The van der Waals surface area contributed by atoms with Crippen LogP contribution in [0, 0.1) is 23.7 Å². The number of benzene rings is 2. The van der Waals surface area contributed by atoms with Crippen LogP contribution in [0.25, 0.3) is 10.8 Å². The van der Waals surface area contributed by atoms with Crippen LogP contribution in [0.15, 0.2) is 60.7 Å². The molecule has 2 aromatic carbocycles. The van der Waals surface area contributed by atoms with E-state index in [1.165, 1.54) is 105 Å². The fourth-order valence-electron chi connectivity index (χ4n) is 7.66. The van der Waals surface area contributed by atoms with Gasteiger partial charge in [0.15, 0.2) is 0 Å². The molecule has 1 atom stereocenters. The average molecular weight is 631 g/mol. The van der Waals surface area contributed by atoms with Gasteiger partial charge >= 0.3 is 11.9 Å². The first kappa shape index (κ1) is 35.9. The number of hydrogen-bond acceptors (Lipinski definition) is 5. The number of aliphatic hydroxyl groups excluding tert-OH is 1. The second kappa shape index (κ2) is 18.4. The van der Waals surface area contributed by atoms with E-state index < -0.39 is 18.5 Å². The lowest BCUT2D eigenvalue weighted by Gasteiger charge is -2.35. The van der Waals surface area contributed by atoms with Crippen molar-refractivity contribution in [3.63, 3.8) is 0 Å². The molecular formula is C41H58O5. The van der Waals surface area contributed by atoms with Crippen LogP contribution in [-0.4, -0.2) is 36.9 Å². The lowest BCUT2D eigenvalue weighted by atomic mass is 9.72. The van der Waals surface area contributed by atoms with Crippen molar-refractivity contribution in [2.24, 2.45) is 23.7 Å². The Hall–Kier alpha value is -2.92. The van der Waals surface area contributed by atoms with Crippen molar-refractivity contribution in [1.82, 2.24) is 0 Å². The van der Waals surface area contributed by atoms with Gasteiger partial charge in [-0.25, -0.2) is 9.59 Å². The molecule has 2 fully saturated rings. The van der Waals surface area contributed by atoms with Crippen LogP contribution in [0.4, 0.5) is 0 Å². The van der Waals surface area contributed by atoms with Crippen LogP contribution >= 0.6 is 0 Å². The van der Waals surface area contributed by atoms with Gasteiger partial charge in [-0.05, 0) is 104 Å². The molecule has 0 spiro atoms. The molecule has 5 heteroatoms. The number of aliphatic hydroxyl groups is 1. The largest absolute Gasteiger partial charge is 0.462 e. The molecule has 0 radical (unpaired) electrons. The molecule has 2 aliphatic carbocycles. The van der Waals surface area contributed by atoms with Gasteiger partial charge in [-0.2, -0.15) is 0 Å². The first-order valence-electron chi connectivity index (χ1n) is 18.1. The van der Waals surface area contributed by atoms with Crippen LogP contribution in [0.2, 0.25) is 0 Å². The molecule has 5 nitrogen and oxygen atoms in total. The minimum Gasteiger partial charge on any atom is -0.462 e. The smallest absolute Gasteiger partial charge is 0.335 e. The molecule has 2 saturated carbocycles. The lowest BCUT2D eigenvalue weighted by molar-refractivity contribution is -0.146. The average Bonchev–Trinajstić information content (AvgIpc) is 3.08. The normalized spacial score (nSPS) is 22.2. The molecule has 0 bridgehead atoms. The summed E-state index contributed by atoms with van der Waals surface area (Å²) in [7, 11) is 0. The third-order valence-corrected chi connectivity index (χ3v) is 10.8. The monoisotopic (exact) mass is 630 g/mol. The topological polar surface area (TPSA) is 72.8 Å². The van der Waals surface area contributed by atoms with Crippen LogP contribution in [-0.2, 0) is 25.5 Å². The molecule has 1 unspecified atom stereocenters. The van der Waals surface area contributed by atoms with Crippen molar-refractivity contribution >= 4 is 22.7 Å². The highest BCUT2D eigenvalue weighted by atomic mass is 16.5.